The number of aromatic nitrogens is 1. The van der Waals surface area contributed by atoms with E-state index in [1.165, 1.54) is 11.8 Å². The zero-order valence-electron chi connectivity index (χ0n) is 14.8. The Morgan fingerprint density at radius 2 is 1.81 bits per heavy atom. The summed E-state index contributed by atoms with van der Waals surface area (Å²) in [6.07, 6.45) is 3.26. The van der Waals surface area contributed by atoms with Crippen molar-refractivity contribution in [2.24, 2.45) is 0 Å². The van der Waals surface area contributed by atoms with Gasteiger partial charge in [-0.15, -0.1) is 0 Å². The van der Waals surface area contributed by atoms with E-state index in [-0.39, 0.29) is 24.6 Å². The van der Waals surface area contributed by atoms with Gasteiger partial charge in [0.25, 0.3) is 0 Å². The summed E-state index contributed by atoms with van der Waals surface area (Å²) in [5, 5.41) is 2.67. The highest BCUT2D eigenvalue weighted by Gasteiger charge is 2.17. The second kappa shape index (κ2) is 9.31. The Labute approximate surface area is 152 Å². The number of benzene rings is 1. The largest absolute Gasteiger partial charge is 0.462 e. The number of nitrogens with one attached hydrogen (secondary N) is 1. The fourth-order valence-electron chi connectivity index (χ4n) is 2.33. The van der Waals surface area contributed by atoms with Crippen LogP contribution < -0.4 is 5.32 Å². The molecule has 0 saturated heterocycles. The zero-order valence-corrected chi connectivity index (χ0v) is 14.8. The van der Waals surface area contributed by atoms with Crippen molar-refractivity contribution in [2.75, 3.05) is 18.5 Å². The predicted octanol–water partition coefficient (Wildman–Crippen LogP) is 2.25. The van der Waals surface area contributed by atoms with E-state index in [2.05, 4.69) is 10.3 Å². The summed E-state index contributed by atoms with van der Waals surface area (Å²) in [7, 11) is 0. The standard InChI is InChI=1S/C19H21N3O4/c1-3-26-19(25)16-6-4-5-7-17(16)21-18(24)13-22(14(2)23)12-15-8-10-20-11-9-15/h4-11H,3,12-13H2,1-2H3,(H,21,24). The average molecular weight is 355 g/mol. The monoisotopic (exact) mass is 355 g/mol. The number of carbonyl (C=O) groups is 3. The minimum Gasteiger partial charge on any atom is -0.462 e. The molecule has 0 aliphatic rings. The van der Waals surface area contributed by atoms with E-state index in [1.54, 1.807) is 55.7 Å². The Kier molecular flexibility index (Phi) is 6.84. The van der Waals surface area contributed by atoms with Crippen LogP contribution in [0.15, 0.2) is 48.8 Å². The van der Waals surface area contributed by atoms with Crippen LogP contribution in [0.4, 0.5) is 5.69 Å². The molecule has 0 bridgehead atoms. The van der Waals surface area contributed by atoms with Crippen molar-refractivity contribution in [2.45, 2.75) is 20.4 Å². The first kappa shape index (κ1) is 19.1. The smallest absolute Gasteiger partial charge is 0.340 e. The number of ether oxygens (including phenoxy) is 1. The van der Waals surface area contributed by atoms with Crippen molar-refractivity contribution in [3.63, 3.8) is 0 Å². The van der Waals surface area contributed by atoms with E-state index in [0.717, 1.165) is 5.56 Å². The van der Waals surface area contributed by atoms with Crippen molar-refractivity contribution in [3.05, 3.63) is 59.9 Å². The maximum absolute atomic E-state index is 12.4. The highest BCUT2D eigenvalue weighted by atomic mass is 16.5. The van der Waals surface area contributed by atoms with Gasteiger partial charge in [0.2, 0.25) is 11.8 Å². The molecule has 0 fully saturated rings. The molecule has 7 heteroatoms. The second-order valence-corrected chi connectivity index (χ2v) is 5.54. The molecule has 0 atom stereocenters. The third kappa shape index (κ3) is 5.41. The lowest BCUT2D eigenvalue weighted by molar-refractivity contribution is -0.133. The van der Waals surface area contributed by atoms with Gasteiger partial charge in [-0.25, -0.2) is 4.79 Å². The van der Waals surface area contributed by atoms with Crippen molar-refractivity contribution in [1.82, 2.24) is 9.88 Å². The lowest BCUT2D eigenvalue weighted by Crippen LogP contribution is -2.36. The van der Waals surface area contributed by atoms with Gasteiger partial charge in [-0.05, 0) is 36.8 Å². The molecule has 0 saturated carbocycles. The van der Waals surface area contributed by atoms with Crippen molar-refractivity contribution in [1.29, 1.82) is 0 Å². The van der Waals surface area contributed by atoms with Gasteiger partial charge in [-0.3, -0.25) is 14.6 Å². The summed E-state index contributed by atoms with van der Waals surface area (Å²) in [4.78, 5) is 41.6. The molecule has 136 valence electrons. The summed E-state index contributed by atoms with van der Waals surface area (Å²) < 4.78 is 4.99. The number of pyridine rings is 1. The van der Waals surface area contributed by atoms with Crippen molar-refractivity contribution >= 4 is 23.5 Å². The van der Waals surface area contributed by atoms with E-state index in [4.69, 9.17) is 4.74 Å². The number of nitrogens with zero attached hydrogens (tertiary/aromatic N) is 2. The van der Waals surface area contributed by atoms with E-state index < -0.39 is 11.9 Å². The number of amides is 2. The van der Waals surface area contributed by atoms with Gasteiger partial charge < -0.3 is 15.0 Å². The topological polar surface area (TPSA) is 88.6 Å². The number of rotatable bonds is 7. The molecule has 0 unspecified atom stereocenters. The molecule has 1 aromatic carbocycles. The number of hydrogen-bond acceptors (Lipinski definition) is 5. The molecule has 26 heavy (non-hydrogen) atoms. The summed E-state index contributed by atoms with van der Waals surface area (Å²) in [5.74, 6) is -1.13. The Morgan fingerprint density at radius 1 is 1.12 bits per heavy atom. The van der Waals surface area contributed by atoms with E-state index >= 15 is 0 Å². The maximum atomic E-state index is 12.4. The maximum Gasteiger partial charge on any atom is 0.340 e. The van der Waals surface area contributed by atoms with Gasteiger partial charge in [0.05, 0.1) is 17.9 Å². The molecule has 2 amide bonds. The number of carbonyl (C=O) groups excluding carboxylic acids is 3. The number of para-hydroxylation sites is 1. The van der Waals surface area contributed by atoms with Gasteiger partial charge in [0.15, 0.2) is 0 Å². The number of hydrogen-bond donors (Lipinski definition) is 1. The summed E-state index contributed by atoms with van der Waals surface area (Å²) in [6, 6.07) is 10.2. The van der Waals surface area contributed by atoms with Gasteiger partial charge in [0.1, 0.15) is 6.54 Å². The van der Waals surface area contributed by atoms with Crippen LogP contribution >= 0.6 is 0 Å². The summed E-state index contributed by atoms with van der Waals surface area (Å²) in [5.41, 5.74) is 1.49. The lowest BCUT2D eigenvalue weighted by Gasteiger charge is -2.21. The van der Waals surface area contributed by atoms with Crippen LogP contribution in [0.5, 0.6) is 0 Å². The normalized spacial score (nSPS) is 10.1. The van der Waals surface area contributed by atoms with Crippen LogP contribution in [0.3, 0.4) is 0 Å². The molecule has 1 aromatic heterocycles. The third-order valence-corrected chi connectivity index (χ3v) is 3.60. The molecule has 0 radical (unpaired) electrons. The van der Waals surface area contributed by atoms with E-state index in [0.29, 0.717) is 12.2 Å². The van der Waals surface area contributed by atoms with Crippen LogP contribution in [0.1, 0.15) is 29.8 Å². The lowest BCUT2D eigenvalue weighted by atomic mass is 10.1. The highest BCUT2D eigenvalue weighted by molar-refractivity contribution is 6.02. The van der Waals surface area contributed by atoms with E-state index in [1.807, 2.05) is 0 Å². The molecule has 0 aliphatic heterocycles. The molecule has 1 heterocycles. The first-order valence-corrected chi connectivity index (χ1v) is 8.21. The second-order valence-electron chi connectivity index (χ2n) is 5.54. The zero-order chi connectivity index (χ0) is 18.9. The number of anilines is 1. The van der Waals surface area contributed by atoms with Crippen LogP contribution in [0, 0.1) is 0 Å². The van der Waals surface area contributed by atoms with Crippen LogP contribution in [-0.4, -0.2) is 40.8 Å². The molecule has 7 nitrogen and oxygen atoms in total. The minimum absolute atomic E-state index is 0.130. The van der Waals surface area contributed by atoms with Crippen LogP contribution in [0.25, 0.3) is 0 Å². The van der Waals surface area contributed by atoms with Crippen LogP contribution in [-0.2, 0) is 20.9 Å². The van der Waals surface area contributed by atoms with Crippen LogP contribution in [0.2, 0.25) is 0 Å². The molecular weight excluding hydrogens is 334 g/mol. The third-order valence-electron chi connectivity index (χ3n) is 3.60. The fraction of sp³-hybridized carbons (Fsp3) is 0.263. The molecule has 0 aliphatic carbocycles. The molecule has 2 aromatic rings. The van der Waals surface area contributed by atoms with Crippen molar-refractivity contribution < 1.29 is 19.1 Å². The fourth-order valence-corrected chi connectivity index (χ4v) is 2.33. The molecule has 0 spiro atoms. The minimum atomic E-state index is -0.511. The van der Waals surface area contributed by atoms with Gasteiger partial charge in [0, 0.05) is 25.9 Å². The summed E-state index contributed by atoms with van der Waals surface area (Å²) in [6.45, 7) is 3.52. The van der Waals surface area contributed by atoms with Gasteiger partial charge >= 0.3 is 5.97 Å². The predicted molar refractivity (Wildman–Crippen MR) is 96.4 cm³/mol. The van der Waals surface area contributed by atoms with E-state index in [9.17, 15) is 14.4 Å². The van der Waals surface area contributed by atoms with Gasteiger partial charge in [-0.2, -0.15) is 0 Å². The molecule has 1 N–H and O–H groups in total. The Hall–Kier alpha value is -3.22. The van der Waals surface area contributed by atoms with Gasteiger partial charge in [-0.1, -0.05) is 12.1 Å². The Bertz CT molecular complexity index is 777. The Morgan fingerprint density at radius 3 is 2.46 bits per heavy atom. The Balaban J connectivity index is 2.07. The summed E-state index contributed by atoms with van der Waals surface area (Å²) >= 11 is 0. The highest BCUT2D eigenvalue weighted by Crippen LogP contribution is 2.16. The number of esters is 1. The molecular formula is C19H21N3O4. The first-order chi connectivity index (χ1) is 12.5. The SMILES string of the molecule is CCOC(=O)c1ccccc1NC(=O)CN(Cc1ccncc1)C(C)=O. The quantitative estimate of drug-likeness (QED) is 0.770. The average Bonchev–Trinajstić information content (AvgIpc) is 2.62. The molecule has 2 rings (SSSR count). The van der Waals surface area contributed by atoms with Crippen molar-refractivity contribution in [3.8, 4) is 0 Å². The first-order valence-electron chi connectivity index (χ1n) is 8.21.